The molecular formula is C39H46ClF3N8O5. The van der Waals surface area contributed by atoms with Gasteiger partial charge in [0, 0.05) is 54.9 Å². The Balaban J connectivity index is 0.000000343. The molecule has 1 aliphatic rings. The molecule has 0 spiro atoms. The number of anilines is 1. The number of aromatic hydroxyl groups is 1. The molecular weight excluding hydrogens is 753 g/mol. The minimum absolute atomic E-state index is 0.0361. The fourth-order valence-electron chi connectivity index (χ4n) is 5.84. The predicted molar refractivity (Wildman–Crippen MR) is 207 cm³/mol. The van der Waals surface area contributed by atoms with Crippen LogP contribution < -0.4 is 10.9 Å². The number of aromatic nitrogens is 6. The lowest BCUT2D eigenvalue weighted by Gasteiger charge is -2.21. The monoisotopic (exact) mass is 798 g/mol. The molecule has 0 bridgehead atoms. The summed E-state index contributed by atoms with van der Waals surface area (Å²) in [5.74, 6) is -4.28. The molecule has 2 amide bonds. The van der Waals surface area contributed by atoms with Crippen molar-refractivity contribution in [2.75, 3.05) is 25.0 Å². The zero-order valence-electron chi connectivity index (χ0n) is 32.5. The highest BCUT2D eigenvalue weighted by Gasteiger charge is 2.26. The van der Waals surface area contributed by atoms with Crippen molar-refractivity contribution >= 4 is 40.5 Å². The van der Waals surface area contributed by atoms with Crippen molar-refractivity contribution in [3.8, 4) is 5.75 Å². The highest BCUT2D eigenvalue weighted by molar-refractivity contribution is 6.33. The number of benzene rings is 1. The first-order chi connectivity index (χ1) is 26.4. The molecule has 0 unspecified atom stereocenters. The van der Waals surface area contributed by atoms with Crippen molar-refractivity contribution in [2.45, 2.75) is 86.6 Å². The number of carbonyl (C=O) groups is 2. The van der Waals surface area contributed by atoms with Crippen molar-refractivity contribution in [2.24, 2.45) is 0 Å². The maximum atomic E-state index is 15.0. The van der Waals surface area contributed by atoms with Gasteiger partial charge in [0.25, 0.3) is 17.4 Å². The normalized spacial score (nSPS) is 14.0. The van der Waals surface area contributed by atoms with Gasteiger partial charge in [-0.25, -0.2) is 23.1 Å². The average molecular weight is 799 g/mol. The van der Waals surface area contributed by atoms with Crippen LogP contribution >= 0.6 is 11.6 Å². The molecule has 5 rings (SSSR count). The largest absolute Gasteiger partial charge is 0.504 e. The van der Waals surface area contributed by atoms with Gasteiger partial charge in [0.15, 0.2) is 17.3 Å². The van der Waals surface area contributed by atoms with Crippen molar-refractivity contribution in [1.29, 1.82) is 0 Å². The first-order valence-corrected chi connectivity index (χ1v) is 18.5. The summed E-state index contributed by atoms with van der Waals surface area (Å²) in [7, 11) is 0. The lowest BCUT2D eigenvalue weighted by Crippen LogP contribution is -2.33. The number of carbonyl (C=O) groups excluding carboxylic acids is 2. The average Bonchev–Trinajstić information content (AvgIpc) is 3.78. The second-order valence-corrected chi connectivity index (χ2v) is 13.6. The fourth-order valence-corrected chi connectivity index (χ4v) is 6.06. The van der Waals surface area contributed by atoms with Crippen LogP contribution in [0.15, 0.2) is 59.1 Å². The van der Waals surface area contributed by atoms with Crippen molar-refractivity contribution in [3.63, 3.8) is 0 Å². The molecule has 3 aromatic heterocycles. The van der Waals surface area contributed by atoms with Gasteiger partial charge in [-0.2, -0.15) is 9.50 Å². The first kappa shape index (κ1) is 43.2. The molecule has 0 atom stereocenters. The second kappa shape index (κ2) is 18.4. The van der Waals surface area contributed by atoms with E-state index in [1.807, 2.05) is 20.8 Å². The molecule has 13 nitrogen and oxygen atoms in total. The Kier molecular flexibility index (Phi) is 14.2. The summed E-state index contributed by atoms with van der Waals surface area (Å²) in [6.45, 7) is 16.6. The fraction of sp³-hybridized carbons (Fsp3) is 0.410. The number of allylic oxidation sites excluding steroid dienone is 4. The van der Waals surface area contributed by atoms with Gasteiger partial charge in [-0.05, 0) is 57.7 Å². The molecule has 1 aromatic carbocycles. The number of halogens is 4. The number of nitrogens with zero attached hydrogens (tertiary/aromatic N) is 7. The van der Waals surface area contributed by atoms with Gasteiger partial charge in [-0.1, -0.05) is 45.0 Å². The number of aryl methyl sites for hydroxylation is 1. The quantitative estimate of drug-likeness (QED) is 0.148. The van der Waals surface area contributed by atoms with Crippen LogP contribution in [0.3, 0.4) is 0 Å². The van der Waals surface area contributed by atoms with Crippen LogP contribution in [-0.2, 0) is 28.4 Å². The van der Waals surface area contributed by atoms with E-state index < -0.39 is 23.2 Å². The second-order valence-electron chi connectivity index (χ2n) is 13.2. The van der Waals surface area contributed by atoms with Crippen LogP contribution in [0.25, 0.3) is 11.4 Å². The Hall–Kier alpha value is -5.51. The Morgan fingerprint density at radius 2 is 1.84 bits per heavy atom. The number of hydrogen-bond acceptors (Lipinski definition) is 9. The summed E-state index contributed by atoms with van der Waals surface area (Å²) in [6.07, 6.45) is 5.28. The Morgan fingerprint density at radius 3 is 2.41 bits per heavy atom. The minimum Gasteiger partial charge on any atom is -0.504 e. The molecule has 4 aromatic rings. The summed E-state index contributed by atoms with van der Waals surface area (Å²) in [5, 5.41) is 16.6. The third-order valence-corrected chi connectivity index (χ3v) is 9.25. The van der Waals surface area contributed by atoms with Crippen LogP contribution in [-0.4, -0.2) is 70.7 Å². The van der Waals surface area contributed by atoms with E-state index in [2.05, 4.69) is 31.9 Å². The van der Waals surface area contributed by atoms with Gasteiger partial charge >= 0.3 is 0 Å². The molecule has 0 radical (unpaired) electrons. The number of hydrogen-bond donors (Lipinski definition) is 2. The van der Waals surface area contributed by atoms with Gasteiger partial charge in [0.05, 0.1) is 23.0 Å². The van der Waals surface area contributed by atoms with E-state index in [0.29, 0.717) is 60.8 Å². The smallest absolute Gasteiger partial charge is 0.278 e. The van der Waals surface area contributed by atoms with Gasteiger partial charge < -0.3 is 24.6 Å². The van der Waals surface area contributed by atoms with Crippen molar-refractivity contribution in [1.82, 2.24) is 34.0 Å². The van der Waals surface area contributed by atoms with Crippen LogP contribution in [0.2, 0.25) is 5.02 Å². The Morgan fingerprint density at radius 1 is 1.16 bits per heavy atom. The van der Waals surface area contributed by atoms with E-state index in [0.717, 1.165) is 30.3 Å². The number of amides is 2. The van der Waals surface area contributed by atoms with Gasteiger partial charge in [0.2, 0.25) is 11.7 Å². The van der Waals surface area contributed by atoms with E-state index in [-0.39, 0.29) is 57.3 Å². The molecule has 56 heavy (non-hydrogen) atoms. The summed E-state index contributed by atoms with van der Waals surface area (Å²) in [6, 6.07) is 3.56. The number of ether oxygens (including phenoxy) is 1. The standard InChI is InChI=1S/C27H27ClF3N5O3.C12H19N3O2/c1-6-21-16(4)25(38)36-26(33-24(34-36)15(3)19(29)12-22-14(2)9-10-39-22)35(21)13-23(37)32-20-8-7-17(11-18(20)28)27(5,30)31;1-4-6-15(7-5-2)12(17)10-11(16)9(3)13-8-14-10/h7-8,11-12H,2,6,9-10,13H2,1,3-5H3,(H,32,37);8,16H,4-7H2,1-3H3/b19-15-,22-12+;. The first-order valence-electron chi connectivity index (χ1n) is 18.1. The van der Waals surface area contributed by atoms with E-state index in [4.69, 9.17) is 16.3 Å². The summed E-state index contributed by atoms with van der Waals surface area (Å²) < 4.78 is 50.2. The zero-order chi connectivity index (χ0) is 41.5. The summed E-state index contributed by atoms with van der Waals surface area (Å²) in [4.78, 5) is 52.0. The molecule has 4 heterocycles. The molecule has 0 aliphatic carbocycles. The number of fused-ring (bicyclic) bond motifs is 1. The lowest BCUT2D eigenvalue weighted by atomic mass is 10.1. The zero-order valence-corrected chi connectivity index (χ0v) is 33.2. The highest BCUT2D eigenvalue weighted by atomic mass is 35.5. The summed E-state index contributed by atoms with van der Waals surface area (Å²) >= 11 is 6.14. The van der Waals surface area contributed by atoms with Crippen molar-refractivity contribution in [3.05, 3.63) is 104 Å². The third-order valence-electron chi connectivity index (χ3n) is 8.93. The molecule has 17 heteroatoms. The Bertz CT molecular complexity index is 2260. The molecule has 1 aliphatic heterocycles. The van der Waals surface area contributed by atoms with Crippen molar-refractivity contribution < 1.29 is 32.6 Å². The molecule has 0 saturated carbocycles. The predicted octanol–water partition coefficient (Wildman–Crippen LogP) is 7.48. The topological polar surface area (TPSA) is 157 Å². The maximum absolute atomic E-state index is 15.0. The molecule has 1 fully saturated rings. The lowest BCUT2D eigenvalue weighted by molar-refractivity contribution is -0.116. The van der Waals surface area contributed by atoms with Gasteiger partial charge in [-0.3, -0.25) is 14.4 Å². The van der Waals surface area contributed by atoms with Gasteiger partial charge in [-0.15, -0.1) is 5.10 Å². The Labute approximate surface area is 327 Å². The number of rotatable bonds is 12. The van der Waals surface area contributed by atoms with E-state index in [1.165, 1.54) is 36.0 Å². The van der Waals surface area contributed by atoms with E-state index in [1.54, 1.807) is 18.7 Å². The molecule has 1 saturated heterocycles. The van der Waals surface area contributed by atoms with E-state index >= 15 is 4.39 Å². The number of nitrogens with one attached hydrogen (secondary N) is 1. The molecule has 2 N–H and O–H groups in total. The third kappa shape index (κ3) is 9.83. The van der Waals surface area contributed by atoms with Gasteiger partial charge in [0.1, 0.15) is 24.5 Å². The van der Waals surface area contributed by atoms with E-state index in [9.17, 15) is 28.3 Å². The van der Waals surface area contributed by atoms with Crippen LogP contribution in [0, 0.1) is 13.8 Å². The SMILES string of the molecule is C=C1CCO/C1=C/C(F)=C(\C)c1nc2n(CC(=O)Nc3ccc(C(C)(F)F)cc3Cl)c(CC)c(C)c(=O)n2n1.CCCN(CCC)C(=O)c1ncnc(C)c1O. The molecule has 300 valence electrons. The maximum Gasteiger partial charge on any atom is 0.278 e. The highest BCUT2D eigenvalue weighted by Crippen LogP contribution is 2.32. The van der Waals surface area contributed by atoms with Crippen LogP contribution in [0.5, 0.6) is 5.75 Å². The van der Waals surface area contributed by atoms with Crippen LogP contribution in [0.4, 0.5) is 18.9 Å². The van der Waals surface area contributed by atoms with Crippen LogP contribution in [0.1, 0.15) is 92.7 Å². The minimum atomic E-state index is -3.09. The summed E-state index contributed by atoms with van der Waals surface area (Å²) in [5.41, 5.74) is 1.56. The number of alkyl halides is 2.